The lowest BCUT2D eigenvalue weighted by Crippen LogP contribution is -1.89. The summed E-state index contributed by atoms with van der Waals surface area (Å²) in [5, 5.41) is 4.29. The maximum absolute atomic E-state index is 4.61. The molecule has 0 fully saturated rings. The molecule has 2 nitrogen and oxygen atoms in total. The molecule has 0 atom stereocenters. The molecule has 1 N–H and O–H groups in total. The molecule has 0 aliphatic carbocycles. The molecule has 0 bridgehead atoms. The lowest BCUT2D eigenvalue weighted by atomic mass is 10.2. The van der Waals surface area contributed by atoms with Crippen molar-refractivity contribution in [3.05, 3.63) is 52.0 Å². The molecule has 0 unspecified atom stereocenters. The Balaban J connectivity index is 1.94. The number of aromatic nitrogens is 1. The van der Waals surface area contributed by atoms with Gasteiger partial charge in [-0.25, -0.2) is 4.98 Å². The molecule has 1 aromatic heterocycles. The number of nitrogens with one attached hydrogen (secondary N) is 1. The van der Waals surface area contributed by atoms with Crippen molar-refractivity contribution in [1.82, 2.24) is 4.98 Å². The van der Waals surface area contributed by atoms with Crippen molar-refractivity contribution >= 4 is 48.3 Å². The van der Waals surface area contributed by atoms with E-state index in [1.54, 1.807) is 11.3 Å². The van der Waals surface area contributed by atoms with Gasteiger partial charge >= 0.3 is 0 Å². The summed E-state index contributed by atoms with van der Waals surface area (Å²) in [4.78, 5) is 4.61. The predicted octanol–water partition coefficient (Wildman–Crippen LogP) is 5.42. The van der Waals surface area contributed by atoms with Crippen LogP contribution >= 0.6 is 27.3 Å². The largest absolute Gasteiger partial charge is 0.331 e. The topological polar surface area (TPSA) is 24.9 Å². The first-order chi connectivity index (χ1) is 9.11. The molecular formula is C15H13BrN2S. The second kappa shape index (κ2) is 4.94. The van der Waals surface area contributed by atoms with Crippen LogP contribution in [0.1, 0.15) is 11.1 Å². The maximum Gasteiger partial charge on any atom is 0.188 e. The second-order valence-electron chi connectivity index (χ2n) is 4.58. The Labute approximate surface area is 124 Å². The first-order valence-electron chi connectivity index (χ1n) is 6.02. The first-order valence-corrected chi connectivity index (χ1v) is 7.63. The van der Waals surface area contributed by atoms with Crippen molar-refractivity contribution in [2.45, 2.75) is 13.8 Å². The van der Waals surface area contributed by atoms with E-state index < -0.39 is 0 Å². The van der Waals surface area contributed by atoms with Crippen LogP contribution < -0.4 is 5.32 Å². The van der Waals surface area contributed by atoms with Gasteiger partial charge in [-0.1, -0.05) is 39.4 Å². The van der Waals surface area contributed by atoms with Crippen molar-refractivity contribution in [1.29, 1.82) is 0 Å². The van der Waals surface area contributed by atoms with Gasteiger partial charge in [-0.3, -0.25) is 0 Å². The van der Waals surface area contributed by atoms with Gasteiger partial charge in [-0.15, -0.1) is 0 Å². The van der Waals surface area contributed by atoms with Crippen LogP contribution in [0, 0.1) is 13.8 Å². The highest BCUT2D eigenvalue weighted by Gasteiger charge is 2.05. The van der Waals surface area contributed by atoms with Crippen LogP contribution in [0.2, 0.25) is 0 Å². The highest BCUT2D eigenvalue weighted by Crippen LogP contribution is 2.30. The van der Waals surface area contributed by atoms with E-state index in [1.807, 2.05) is 0 Å². The molecule has 0 saturated heterocycles. The molecule has 19 heavy (non-hydrogen) atoms. The normalized spacial score (nSPS) is 10.9. The van der Waals surface area contributed by atoms with Crippen LogP contribution in [0.15, 0.2) is 40.9 Å². The van der Waals surface area contributed by atoms with E-state index in [4.69, 9.17) is 0 Å². The quantitative estimate of drug-likeness (QED) is 0.677. The highest BCUT2D eigenvalue weighted by molar-refractivity contribution is 9.10. The van der Waals surface area contributed by atoms with Gasteiger partial charge in [0.25, 0.3) is 0 Å². The zero-order chi connectivity index (χ0) is 13.4. The van der Waals surface area contributed by atoms with Gasteiger partial charge in [0.05, 0.1) is 10.2 Å². The number of nitrogens with zero attached hydrogens (tertiary/aromatic N) is 1. The van der Waals surface area contributed by atoms with Crippen LogP contribution in [-0.2, 0) is 0 Å². The molecule has 96 valence electrons. The minimum Gasteiger partial charge on any atom is -0.331 e. The van der Waals surface area contributed by atoms with Crippen molar-refractivity contribution in [2.75, 3.05) is 5.32 Å². The molecule has 4 heteroatoms. The number of aryl methyl sites for hydroxylation is 2. The highest BCUT2D eigenvalue weighted by atomic mass is 79.9. The van der Waals surface area contributed by atoms with E-state index in [-0.39, 0.29) is 0 Å². The molecule has 3 rings (SSSR count). The maximum atomic E-state index is 4.61. The number of halogens is 1. The van der Waals surface area contributed by atoms with Crippen LogP contribution in [0.5, 0.6) is 0 Å². The predicted molar refractivity (Wildman–Crippen MR) is 86.5 cm³/mol. The molecule has 0 saturated carbocycles. The fourth-order valence-corrected chi connectivity index (χ4v) is 3.13. The summed E-state index contributed by atoms with van der Waals surface area (Å²) in [6, 6.07) is 12.6. The minimum absolute atomic E-state index is 0.927. The van der Waals surface area contributed by atoms with E-state index >= 15 is 0 Å². The number of anilines is 2. The summed E-state index contributed by atoms with van der Waals surface area (Å²) >= 11 is 5.22. The standard InChI is InChI=1S/C15H13BrN2S/c1-9-3-6-14-13(7-9)18-15(19-14)17-11-5-4-10(2)12(16)8-11/h3-8H,1-2H3,(H,17,18). The third kappa shape index (κ3) is 2.65. The number of thiazole rings is 1. The first kappa shape index (κ1) is 12.6. The van der Waals surface area contributed by atoms with Crippen LogP contribution in [0.3, 0.4) is 0 Å². The van der Waals surface area contributed by atoms with Crippen molar-refractivity contribution in [2.24, 2.45) is 0 Å². The van der Waals surface area contributed by atoms with Crippen LogP contribution in [0.25, 0.3) is 10.2 Å². The Kier molecular flexibility index (Phi) is 3.29. The van der Waals surface area contributed by atoms with Crippen molar-refractivity contribution in [3.63, 3.8) is 0 Å². The van der Waals surface area contributed by atoms with E-state index in [1.165, 1.54) is 15.8 Å². The summed E-state index contributed by atoms with van der Waals surface area (Å²) in [6.07, 6.45) is 0. The second-order valence-corrected chi connectivity index (χ2v) is 6.46. The number of rotatable bonds is 2. The third-order valence-corrected chi connectivity index (χ3v) is 4.77. The molecule has 0 amide bonds. The Bertz CT molecular complexity index is 749. The fraction of sp³-hybridized carbons (Fsp3) is 0.133. The van der Waals surface area contributed by atoms with E-state index in [0.29, 0.717) is 0 Å². The van der Waals surface area contributed by atoms with Gasteiger partial charge < -0.3 is 5.32 Å². The number of benzene rings is 2. The number of hydrogen-bond donors (Lipinski definition) is 1. The van der Waals surface area contributed by atoms with Crippen molar-refractivity contribution < 1.29 is 0 Å². The monoisotopic (exact) mass is 332 g/mol. The van der Waals surface area contributed by atoms with E-state index in [9.17, 15) is 0 Å². The molecule has 0 spiro atoms. The van der Waals surface area contributed by atoms with Crippen LogP contribution in [-0.4, -0.2) is 4.98 Å². The third-order valence-electron chi connectivity index (χ3n) is 2.97. The Hall–Kier alpha value is -1.39. The summed E-state index contributed by atoms with van der Waals surface area (Å²) in [5.41, 5.74) is 4.57. The van der Waals surface area contributed by atoms with Gasteiger partial charge in [0.1, 0.15) is 0 Å². The van der Waals surface area contributed by atoms with Gasteiger partial charge in [0.2, 0.25) is 0 Å². The summed E-state index contributed by atoms with van der Waals surface area (Å²) < 4.78 is 2.31. The number of hydrogen-bond acceptors (Lipinski definition) is 3. The number of fused-ring (bicyclic) bond motifs is 1. The Morgan fingerprint density at radius 1 is 1.11 bits per heavy atom. The zero-order valence-corrected chi connectivity index (χ0v) is 13.1. The fourth-order valence-electron chi connectivity index (χ4n) is 1.89. The Morgan fingerprint density at radius 3 is 2.74 bits per heavy atom. The summed E-state index contributed by atoms with van der Waals surface area (Å²) in [6.45, 7) is 4.16. The summed E-state index contributed by atoms with van der Waals surface area (Å²) in [5.74, 6) is 0. The van der Waals surface area contributed by atoms with Gasteiger partial charge in [-0.05, 0) is 49.2 Å². The lowest BCUT2D eigenvalue weighted by molar-refractivity contribution is 1.39. The minimum atomic E-state index is 0.927. The van der Waals surface area contributed by atoms with Gasteiger partial charge in [-0.2, -0.15) is 0 Å². The van der Waals surface area contributed by atoms with E-state index in [2.05, 4.69) is 76.5 Å². The van der Waals surface area contributed by atoms with E-state index in [0.717, 1.165) is 20.8 Å². The SMILES string of the molecule is Cc1ccc2sc(Nc3ccc(C)c(Br)c3)nc2c1. The molecule has 2 aromatic carbocycles. The molecule has 1 heterocycles. The van der Waals surface area contributed by atoms with Crippen LogP contribution in [0.4, 0.5) is 10.8 Å². The molecular weight excluding hydrogens is 320 g/mol. The zero-order valence-electron chi connectivity index (χ0n) is 10.7. The lowest BCUT2D eigenvalue weighted by Gasteiger charge is -2.04. The van der Waals surface area contributed by atoms with Gasteiger partial charge in [0.15, 0.2) is 5.13 Å². The Morgan fingerprint density at radius 2 is 1.95 bits per heavy atom. The molecule has 3 aromatic rings. The molecule has 0 radical (unpaired) electrons. The average molecular weight is 333 g/mol. The van der Waals surface area contributed by atoms with Gasteiger partial charge in [0, 0.05) is 10.2 Å². The molecule has 0 aliphatic heterocycles. The summed E-state index contributed by atoms with van der Waals surface area (Å²) in [7, 11) is 0. The molecule has 0 aliphatic rings. The smallest absolute Gasteiger partial charge is 0.188 e. The average Bonchev–Trinajstić information content (AvgIpc) is 2.75. The van der Waals surface area contributed by atoms with Crippen molar-refractivity contribution in [3.8, 4) is 0 Å².